The molecule has 1 aromatic heterocycles. The molecule has 0 saturated carbocycles. The predicted molar refractivity (Wildman–Crippen MR) is 79.4 cm³/mol. The Hall–Kier alpha value is -2.74. The van der Waals surface area contributed by atoms with Crippen LogP contribution in [0.15, 0.2) is 36.5 Å². The maximum Gasteiger partial charge on any atom is 0.222 e. The fourth-order valence-electron chi connectivity index (χ4n) is 2.94. The van der Waals surface area contributed by atoms with E-state index in [0.717, 1.165) is 11.8 Å². The largest absolute Gasteiger partial charge is 0.618 e. The van der Waals surface area contributed by atoms with Crippen molar-refractivity contribution >= 4 is 0 Å². The summed E-state index contributed by atoms with van der Waals surface area (Å²) in [6.45, 7) is 3.94. The van der Waals surface area contributed by atoms with Gasteiger partial charge in [-0.05, 0) is 38.1 Å². The summed E-state index contributed by atoms with van der Waals surface area (Å²) in [6.07, 6.45) is 1.76. The summed E-state index contributed by atoms with van der Waals surface area (Å²) in [4.78, 5) is 0. The van der Waals surface area contributed by atoms with Crippen molar-refractivity contribution in [3.63, 3.8) is 0 Å². The second kappa shape index (κ2) is 4.92. The Kier molecular flexibility index (Phi) is 3.18. The van der Waals surface area contributed by atoms with E-state index in [1.54, 1.807) is 24.3 Å². The van der Waals surface area contributed by atoms with Crippen LogP contribution in [-0.4, -0.2) is 10.7 Å². The maximum atomic E-state index is 12.2. The van der Waals surface area contributed by atoms with Gasteiger partial charge in [-0.2, -0.15) is 9.99 Å². The number of hydrogen-bond donors (Lipinski definition) is 1. The highest BCUT2D eigenvalue weighted by molar-refractivity contribution is 5.48. The molecule has 1 atom stereocenters. The van der Waals surface area contributed by atoms with Crippen LogP contribution >= 0.6 is 0 Å². The lowest BCUT2D eigenvalue weighted by Crippen LogP contribution is -2.40. The van der Waals surface area contributed by atoms with Crippen LogP contribution in [-0.2, 0) is 0 Å². The van der Waals surface area contributed by atoms with Gasteiger partial charge in [0.2, 0.25) is 11.9 Å². The van der Waals surface area contributed by atoms with Crippen LogP contribution < -0.4 is 9.47 Å². The number of aromatic nitrogens is 1. The molecule has 112 valence electrons. The number of aromatic hydroxyl groups is 1. The minimum atomic E-state index is -0.420. The summed E-state index contributed by atoms with van der Waals surface area (Å²) in [5, 5.41) is 30.7. The Bertz CT molecular complexity index is 778. The number of nitrogens with zero attached hydrogens (tertiary/aromatic N) is 2. The highest BCUT2D eigenvalue weighted by Crippen LogP contribution is 2.43. The highest BCUT2D eigenvalue weighted by Gasteiger charge is 2.38. The molecule has 2 aromatic rings. The zero-order valence-electron chi connectivity index (χ0n) is 12.4. The van der Waals surface area contributed by atoms with Crippen molar-refractivity contribution in [1.29, 1.82) is 5.26 Å². The van der Waals surface area contributed by atoms with Gasteiger partial charge in [0.15, 0.2) is 5.75 Å². The average molecular weight is 296 g/mol. The van der Waals surface area contributed by atoms with E-state index >= 15 is 0 Å². The summed E-state index contributed by atoms with van der Waals surface area (Å²) < 4.78 is 6.65. The zero-order chi connectivity index (χ0) is 15.9. The number of nitriles is 1. The summed E-state index contributed by atoms with van der Waals surface area (Å²) >= 11 is 0. The molecule has 2 heterocycles. The van der Waals surface area contributed by atoms with Crippen molar-refractivity contribution in [2.24, 2.45) is 0 Å². The van der Waals surface area contributed by atoms with Crippen molar-refractivity contribution in [2.45, 2.75) is 31.8 Å². The van der Waals surface area contributed by atoms with Crippen LogP contribution in [0, 0.1) is 16.5 Å². The van der Waals surface area contributed by atoms with Gasteiger partial charge in [-0.3, -0.25) is 0 Å². The fourth-order valence-corrected chi connectivity index (χ4v) is 2.94. The second-order valence-corrected chi connectivity index (χ2v) is 6.12. The normalized spacial score (nSPS) is 18.9. The first-order chi connectivity index (χ1) is 10.4. The molecule has 3 rings (SSSR count). The minimum Gasteiger partial charge on any atom is -0.618 e. The summed E-state index contributed by atoms with van der Waals surface area (Å²) in [7, 11) is 0. The van der Waals surface area contributed by atoms with Gasteiger partial charge < -0.3 is 15.1 Å². The lowest BCUT2D eigenvalue weighted by molar-refractivity contribution is -0.615. The molecule has 1 aliphatic rings. The Morgan fingerprint density at radius 3 is 2.82 bits per heavy atom. The van der Waals surface area contributed by atoms with Gasteiger partial charge in [0.1, 0.15) is 11.4 Å². The third kappa shape index (κ3) is 2.44. The van der Waals surface area contributed by atoms with E-state index in [2.05, 4.69) is 6.07 Å². The van der Waals surface area contributed by atoms with E-state index < -0.39 is 5.60 Å². The van der Waals surface area contributed by atoms with Crippen molar-refractivity contribution < 1.29 is 14.6 Å². The van der Waals surface area contributed by atoms with E-state index in [1.807, 2.05) is 13.8 Å². The van der Waals surface area contributed by atoms with E-state index in [1.165, 1.54) is 6.07 Å². The summed E-state index contributed by atoms with van der Waals surface area (Å²) in [6, 6.07) is 10.5. The second-order valence-electron chi connectivity index (χ2n) is 6.12. The Morgan fingerprint density at radius 1 is 1.36 bits per heavy atom. The van der Waals surface area contributed by atoms with Crippen molar-refractivity contribution in [3.05, 3.63) is 58.6 Å². The Labute approximate surface area is 128 Å². The first kappa shape index (κ1) is 14.2. The van der Waals surface area contributed by atoms with Gasteiger partial charge in [-0.1, -0.05) is 0 Å². The van der Waals surface area contributed by atoms with E-state index in [0.29, 0.717) is 28.2 Å². The van der Waals surface area contributed by atoms with Gasteiger partial charge in [-0.15, -0.1) is 0 Å². The zero-order valence-corrected chi connectivity index (χ0v) is 12.4. The van der Waals surface area contributed by atoms with Gasteiger partial charge >= 0.3 is 0 Å². The van der Waals surface area contributed by atoms with Gasteiger partial charge in [0, 0.05) is 18.1 Å². The number of hydrogen-bond acceptors (Lipinski definition) is 4. The summed E-state index contributed by atoms with van der Waals surface area (Å²) in [5.74, 6) is 0.426. The third-order valence-electron chi connectivity index (χ3n) is 3.88. The molecular weight excluding hydrogens is 280 g/mol. The number of rotatable bonds is 1. The molecule has 1 unspecified atom stereocenters. The highest BCUT2D eigenvalue weighted by atomic mass is 16.5. The SMILES string of the molecule is CC1(C)CC(c2ccc(O)c[n+]2[O-])c2cc(C#N)ccc2O1. The molecule has 0 aliphatic carbocycles. The van der Waals surface area contributed by atoms with E-state index in [4.69, 9.17) is 10.00 Å². The van der Waals surface area contributed by atoms with Crippen LogP contribution in [0.3, 0.4) is 0 Å². The molecule has 0 spiro atoms. The van der Waals surface area contributed by atoms with Crippen LogP contribution in [0.25, 0.3) is 0 Å². The molecule has 0 amide bonds. The standard InChI is InChI=1S/C17H16N2O3/c1-17(2)8-14(15-5-4-12(20)10-19(15)21)13-7-11(9-18)3-6-16(13)22-17/h3-7,10,14,20H,8H2,1-2H3. The van der Waals surface area contributed by atoms with Crippen molar-refractivity contribution in [3.8, 4) is 17.6 Å². The number of benzene rings is 1. The molecule has 0 radical (unpaired) electrons. The fraction of sp³-hybridized carbons (Fsp3) is 0.294. The summed E-state index contributed by atoms with van der Waals surface area (Å²) in [5.41, 5.74) is 1.47. The van der Waals surface area contributed by atoms with E-state index in [9.17, 15) is 10.3 Å². The molecule has 5 nitrogen and oxygen atoms in total. The third-order valence-corrected chi connectivity index (χ3v) is 3.88. The van der Waals surface area contributed by atoms with Gasteiger partial charge in [0.25, 0.3) is 0 Å². The molecule has 5 heteroatoms. The van der Waals surface area contributed by atoms with Crippen molar-refractivity contribution in [1.82, 2.24) is 0 Å². The first-order valence-electron chi connectivity index (χ1n) is 7.05. The average Bonchev–Trinajstić information content (AvgIpc) is 2.45. The number of pyridine rings is 1. The first-order valence-corrected chi connectivity index (χ1v) is 7.05. The van der Waals surface area contributed by atoms with Gasteiger partial charge in [0.05, 0.1) is 17.6 Å². The monoisotopic (exact) mass is 296 g/mol. The molecular formula is C17H16N2O3. The topological polar surface area (TPSA) is 80.2 Å². The Balaban J connectivity index is 2.17. The molecule has 0 fully saturated rings. The smallest absolute Gasteiger partial charge is 0.222 e. The molecule has 1 aromatic carbocycles. The molecule has 22 heavy (non-hydrogen) atoms. The quantitative estimate of drug-likeness (QED) is 0.648. The lowest BCUT2D eigenvalue weighted by Gasteiger charge is -2.36. The minimum absolute atomic E-state index is 0.0731. The van der Waals surface area contributed by atoms with E-state index in [-0.39, 0.29) is 11.7 Å². The molecule has 1 N–H and O–H groups in total. The van der Waals surface area contributed by atoms with Crippen LogP contribution in [0.4, 0.5) is 0 Å². The van der Waals surface area contributed by atoms with Crippen LogP contribution in [0.5, 0.6) is 11.5 Å². The molecule has 0 saturated heterocycles. The van der Waals surface area contributed by atoms with Crippen LogP contribution in [0.2, 0.25) is 0 Å². The number of ether oxygens (including phenoxy) is 1. The molecule has 1 aliphatic heterocycles. The maximum absolute atomic E-state index is 12.2. The van der Waals surface area contributed by atoms with Crippen molar-refractivity contribution in [2.75, 3.05) is 0 Å². The lowest BCUT2D eigenvalue weighted by atomic mass is 9.81. The van der Waals surface area contributed by atoms with Crippen LogP contribution in [0.1, 0.15) is 43.0 Å². The Morgan fingerprint density at radius 2 is 2.14 bits per heavy atom. The predicted octanol–water partition coefficient (Wildman–Crippen LogP) is 2.59. The molecule has 0 bridgehead atoms. The number of fused-ring (bicyclic) bond motifs is 1. The van der Waals surface area contributed by atoms with Gasteiger partial charge in [-0.25, -0.2) is 0 Å².